The lowest BCUT2D eigenvalue weighted by Crippen LogP contribution is -2.43. The zero-order valence-corrected chi connectivity index (χ0v) is 13.5. The molecule has 0 unspecified atom stereocenters. The first-order chi connectivity index (χ1) is 11.1. The first kappa shape index (κ1) is 15.5. The molecule has 0 aromatic carbocycles. The number of H-pyrrole nitrogens is 1. The predicted molar refractivity (Wildman–Crippen MR) is 84.0 cm³/mol. The predicted octanol–water partition coefficient (Wildman–Crippen LogP) is 0.373. The maximum atomic E-state index is 12.4. The van der Waals surface area contributed by atoms with Crippen LogP contribution in [0.2, 0.25) is 0 Å². The number of aryl methyl sites for hydroxylation is 1. The molecule has 1 amide bonds. The second kappa shape index (κ2) is 6.39. The number of hydrogen-bond acceptors (Lipinski definition) is 4. The zero-order chi connectivity index (χ0) is 16.4. The lowest BCUT2D eigenvalue weighted by Gasteiger charge is -2.31. The first-order valence-corrected chi connectivity index (χ1v) is 7.95. The smallest absolute Gasteiger partial charge is 0.343 e. The Morgan fingerprint density at radius 2 is 2.17 bits per heavy atom. The van der Waals surface area contributed by atoms with Crippen molar-refractivity contribution in [1.29, 1.82) is 0 Å². The molecule has 2 aromatic heterocycles. The van der Waals surface area contributed by atoms with Crippen LogP contribution in [0.4, 0.5) is 0 Å². The molecule has 1 aliphatic carbocycles. The van der Waals surface area contributed by atoms with E-state index in [-0.39, 0.29) is 23.6 Å². The molecule has 0 aliphatic heterocycles. The van der Waals surface area contributed by atoms with Gasteiger partial charge in [0.15, 0.2) is 0 Å². The number of carbonyl (C=O) groups excluding carboxylic acids is 1. The number of aromatic nitrogens is 5. The molecule has 2 atom stereocenters. The molecule has 1 fully saturated rings. The largest absolute Gasteiger partial charge is 0.348 e. The molecule has 0 bridgehead atoms. The third-order valence-corrected chi connectivity index (χ3v) is 4.70. The molecule has 8 nitrogen and oxygen atoms in total. The highest BCUT2D eigenvalue weighted by atomic mass is 16.2. The number of carbonyl (C=O) groups is 1. The van der Waals surface area contributed by atoms with Gasteiger partial charge in [0.25, 0.3) is 5.91 Å². The third-order valence-electron chi connectivity index (χ3n) is 4.70. The van der Waals surface area contributed by atoms with Gasteiger partial charge in [-0.3, -0.25) is 14.0 Å². The van der Waals surface area contributed by atoms with Gasteiger partial charge in [-0.25, -0.2) is 9.89 Å². The lowest BCUT2D eigenvalue weighted by molar-refractivity contribution is 0.0895. The molecule has 1 aliphatic rings. The quantitative estimate of drug-likeness (QED) is 0.851. The topological polar surface area (TPSA) is 97.6 Å². The van der Waals surface area contributed by atoms with Gasteiger partial charge in [0.1, 0.15) is 11.5 Å². The van der Waals surface area contributed by atoms with Crippen LogP contribution in [-0.4, -0.2) is 36.5 Å². The fourth-order valence-corrected chi connectivity index (χ4v) is 3.28. The van der Waals surface area contributed by atoms with Gasteiger partial charge in [0.05, 0.1) is 0 Å². The molecular weight excluding hydrogens is 296 g/mol. The first-order valence-electron chi connectivity index (χ1n) is 7.95. The molecule has 2 aromatic rings. The zero-order valence-electron chi connectivity index (χ0n) is 13.5. The summed E-state index contributed by atoms with van der Waals surface area (Å²) in [5, 5.41) is 13.7. The monoisotopic (exact) mass is 318 g/mol. The van der Waals surface area contributed by atoms with E-state index in [2.05, 4.69) is 20.6 Å². The molecule has 0 saturated heterocycles. The van der Waals surface area contributed by atoms with Crippen LogP contribution >= 0.6 is 0 Å². The maximum absolute atomic E-state index is 12.4. The normalized spacial score (nSPS) is 21.3. The van der Waals surface area contributed by atoms with Crippen LogP contribution < -0.4 is 11.0 Å². The van der Waals surface area contributed by atoms with Crippen LogP contribution in [0.15, 0.2) is 17.1 Å². The molecule has 0 spiro atoms. The van der Waals surface area contributed by atoms with Crippen LogP contribution in [0.3, 0.4) is 0 Å². The van der Waals surface area contributed by atoms with Gasteiger partial charge in [-0.15, -0.1) is 0 Å². The number of hydrogen-bond donors (Lipinski definition) is 2. The van der Waals surface area contributed by atoms with Gasteiger partial charge >= 0.3 is 5.69 Å². The Morgan fingerprint density at radius 3 is 2.83 bits per heavy atom. The molecule has 2 N–H and O–H groups in total. The van der Waals surface area contributed by atoms with Gasteiger partial charge in [0, 0.05) is 32.8 Å². The van der Waals surface area contributed by atoms with Crippen molar-refractivity contribution in [2.45, 2.75) is 38.1 Å². The summed E-state index contributed by atoms with van der Waals surface area (Å²) in [6, 6.07) is 1.81. The van der Waals surface area contributed by atoms with Crippen molar-refractivity contribution in [1.82, 2.24) is 29.9 Å². The Kier molecular flexibility index (Phi) is 4.31. The van der Waals surface area contributed by atoms with Gasteiger partial charge in [-0.2, -0.15) is 10.2 Å². The summed E-state index contributed by atoms with van der Waals surface area (Å²) in [4.78, 5) is 23.9. The third kappa shape index (κ3) is 3.20. The van der Waals surface area contributed by atoms with Crippen molar-refractivity contribution in [2.75, 3.05) is 0 Å². The van der Waals surface area contributed by atoms with Crippen LogP contribution in [0, 0.1) is 5.92 Å². The van der Waals surface area contributed by atoms with E-state index >= 15 is 0 Å². The van der Waals surface area contributed by atoms with E-state index in [0.717, 1.165) is 31.5 Å². The maximum Gasteiger partial charge on any atom is 0.343 e. The fraction of sp³-hybridized carbons (Fsp3) is 0.600. The Bertz CT molecular complexity index is 743. The number of aromatic amines is 1. The minimum Gasteiger partial charge on any atom is -0.348 e. The van der Waals surface area contributed by atoms with Crippen molar-refractivity contribution in [3.8, 4) is 0 Å². The van der Waals surface area contributed by atoms with Crippen molar-refractivity contribution in [3.63, 3.8) is 0 Å². The number of amides is 1. The number of rotatable bonds is 4. The average Bonchev–Trinajstić information content (AvgIpc) is 3.10. The Balaban J connectivity index is 1.71. The van der Waals surface area contributed by atoms with E-state index in [4.69, 9.17) is 0 Å². The van der Waals surface area contributed by atoms with Crippen molar-refractivity contribution in [2.24, 2.45) is 20.0 Å². The molecule has 23 heavy (non-hydrogen) atoms. The summed E-state index contributed by atoms with van der Waals surface area (Å²) < 4.78 is 3.11. The van der Waals surface area contributed by atoms with Crippen LogP contribution in [0.25, 0.3) is 0 Å². The highest BCUT2D eigenvalue weighted by molar-refractivity contribution is 5.92. The molecule has 124 valence electrons. The van der Waals surface area contributed by atoms with E-state index in [0.29, 0.717) is 12.1 Å². The van der Waals surface area contributed by atoms with Crippen molar-refractivity contribution >= 4 is 5.91 Å². The van der Waals surface area contributed by atoms with E-state index in [9.17, 15) is 9.59 Å². The van der Waals surface area contributed by atoms with Crippen molar-refractivity contribution < 1.29 is 4.79 Å². The lowest BCUT2D eigenvalue weighted by atomic mass is 9.82. The highest BCUT2D eigenvalue weighted by Crippen LogP contribution is 2.27. The van der Waals surface area contributed by atoms with Crippen LogP contribution in [-0.2, 0) is 20.5 Å². The van der Waals surface area contributed by atoms with E-state index in [1.165, 1.54) is 4.57 Å². The van der Waals surface area contributed by atoms with Gasteiger partial charge in [-0.1, -0.05) is 12.8 Å². The second-order valence-corrected chi connectivity index (χ2v) is 6.17. The van der Waals surface area contributed by atoms with Gasteiger partial charge in [0.2, 0.25) is 0 Å². The Labute approximate surface area is 133 Å². The minimum atomic E-state index is -0.203. The Morgan fingerprint density at radius 1 is 1.39 bits per heavy atom. The molecule has 8 heteroatoms. The average molecular weight is 318 g/mol. The van der Waals surface area contributed by atoms with Crippen LogP contribution in [0.1, 0.15) is 42.0 Å². The highest BCUT2D eigenvalue weighted by Gasteiger charge is 2.28. The fourth-order valence-electron chi connectivity index (χ4n) is 3.28. The summed E-state index contributed by atoms with van der Waals surface area (Å²) in [6.45, 7) is 0. The SMILES string of the molecule is Cn1nccc1C(=O)N[C@@H]1CCCC[C@@H]1Cc1n[nH]c(=O)n1C. The van der Waals surface area contributed by atoms with Crippen molar-refractivity contribution in [3.05, 3.63) is 34.3 Å². The molecular formula is C15H22N6O2. The molecule has 3 rings (SSSR count). The van der Waals surface area contributed by atoms with Gasteiger partial charge in [-0.05, 0) is 24.8 Å². The Hall–Kier alpha value is -2.38. The van der Waals surface area contributed by atoms with E-state index in [1.807, 2.05) is 0 Å². The molecule has 0 radical (unpaired) electrons. The molecule has 1 saturated carbocycles. The van der Waals surface area contributed by atoms with E-state index in [1.54, 1.807) is 31.0 Å². The minimum absolute atomic E-state index is 0.0953. The second-order valence-electron chi connectivity index (χ2n) is 6.17. The number of nitrogens with one attached hydrogen (secondary N) is 2. The summed E-state index contributed by atoms with van der Waals surface area (Å²) in [7, 11) is 3.47. The standard InChI is InChI=1S/C15H22N6O2/c1-20-13(18-19-15(20)23)9-10-5-3-4-6-11(10)17-14(22)12-7-8-16-21(12)2/h7-8,10-11H,3-6,9H2,1-2H3,(H,17,22)(H,19,23)/t10-,11-/m1/s1. The summed E-state index contributed by atoms with van der Waals surface area (Å²) in [5.74, 6) is 0.925. The molecule has 2 heterocycles. The van der Waals surface area contributed by atoms with Crippen LogP contribution in [0.5, 0.6) is 0 Å². The van der Waals surface area contributed by atoms with E-state index < -0.39 is 0 Å². The summed E-state index contributed by atoms with van der Waals surface area (Å²) in [5.41, 5.74) is 0.354. The summed E-state index contributed by atoms with van der Waals surface area (Å²) >= 11 is 0. The number of nitrogens with zero attached hydrogens (tertiary/aromatic N) is 4. The summed E-state index contributed by atoms with van der Waals surface area (Å²) in [6.07, 6.45) is 6.52. The van der Waals surface area contributed by atoms with Gasteiger partial charge < -0.3 is 5.32 Å².